The van der Waals surface area contributed by atoms with E-state index in [1.807, 2.05) is 6.92 Å². The van der Waals surface area contributed by atoms with Crippen LogP contribution in [-0.2, 0) is 0 Å². The van der Waals surface area contributed by atoms with Crippen molar-refractivity contribution in [1.82, 2.24) is 5.32 Å². The minimum Gasteiger partial charge on any atom is -0.313 e. The van der Waals surface area contributed by atoms with Crippen LogP contribution >= 0.6 is 0 Å². The molecule has 0 radical (unpaired) electrons. The van der Waals surface area contributed by atoms with Crippen molar-refractivity contribution >= 4 is 0 Å². The van der Waals surface area contributed by atoms with Gasteiger partial charge in [0.15, 0.2) is 0 Å². The summed E-state index contributed by atoms with van der Waals surface area (Å²) in [6, 6.07) is 0.595. The van der Waals surface area contributed by atoms with E-state index in [1.54, 1.807) is 0 Å². The molecule has 2 unspecified atom stereocenters. The van der Waals surface area contributed by atoms with Crippen LogP contribution in [0.15, 0.2) is 0 Å². The molecule has 1 N–H and O–H groups in total. The van der Waals surface area contributed by atoms with Gasteiger partial charge in [0.1, 0.15) is 0 Å². The second-order valence-electron chi connectivity index (χ2n) is 4.03. The van der Waals surface area contributed by atoms with Crippen molar-refractivity contribution in [2.75, 3.05) is 6.54 Å². The summed E-state index contributed by atoms with van der Waals surface area (Å²) in [6.45, 7) is 9.82. The molecule has 0 aliphatic carbocycles. The van der Waals surface area contributed by atoms with E-state index >= 15 is 0 Å². The summed E-state index contributed by atoms with van der Waals surface area (Å²) < 4.78 is 0. The highest BCUT2D eigenvalue weighted by Crippen LogP contribution is 2.11. The summed E-state index contributed by atoms with van der Waals surface area (Å²) in [5.41, 5.74) is 0. The van der Waals surface area contributed by atoms with Crippen LogP contribution in [0.2, 0.25) is 0 Å². The normalized spacial score (nSPS) is 14.3. The van der Waals surface area contributed by atoms with Gasteiger partial charge in [-0.2, -0.15) is 0 Å². The fraction of sp³-hybridized carbons (Fsp3) is 0.846. The van der Waals surface area contributed by atoms with Crippen LogP contribution in [-0.4, -0.2) is 12.6 Å². The molecule has 0 aromatic rings. The molecule has 0 spiro atoms. The molecule has 0 amide bonds. The topological polar surface area (TPSA) is 12.0 Å². The lowest BCUT2D eigenvalue weighted by atomic mass is 9.97. The molecule has 1 nitrogen and oxygen atoms in total. The Labute approximate surface area is 89.7 Å². The first kappa shape index (κ1) is 13.5. The van der Waals surface area contributed by atoms with E-state index in [0.29, 0.717) is 6.04 Å². The molecular formula is C13H25N. The summed E-state index contributed by atoms with van der Waals surface area (Å²) in [4.78, 5) is 0. The quantitative estimate of drug-likeness (QED) is 0.615. The first-order valence-corrected chi connectivity index (χ1v) is 5.87. The van der Waals surface area contributed by atoms with Gasteiger partial charge in [-0.05, 0) is 32.2 Å². The maximum atomic E-state index is 3.57. The Morgan fingerprint density at radius 2 is 2.00 bits per heavy atom. The van der Waals surface area contributed by atoms with E-state index in [9.17, 15) is 0 Å². The van der Waals surface area contributed by atoms with Gasteiger partial charge < -0.3 is 5.32 Å². The highest BCUT2D eigenvalue weighted by molar-refractivity contribution is 4.98. The van der Waals surface area contributed by atoms with Crippen molar-refractivity contribution in [2.45, 2.75) is 59.4 Å². The van der Waals surface area contributed by atoms with E-state index in [-0.39, 0.29) is 0 Å². The van der Waals surface area contributed by atoms with E-state index in [1.165, 1.54) is 19.3 Å². The van der Waals surface area contributed by atoms with Crippen LogP contribution in [0.25, 0.3) is 0 Å². The van der Waals surface area contributed by atoms with Crippen LogP contribution in [0, 0.1) is 17.8 Å². The zero-order valence-corrected chi connectivity index (χ0v) is 10.2. The Hall–Kier alpha value is -0.480. The van der Waals surface area contributed by atoms with Crippen molar-refractivity contribution in [3.05, 3.63) is 0 Å². The second kappa shape index (κ2) is 9.09. The molecule has 0 aromatic carbocycles. The average molecular weight is 195 g/mol. The third-order valence-corrected chi connectivity index (χ3v) is 2.59. The lowest BCUT2D eigenvalue weighted by Gasteiger charge is -2.19. The highest BCUT2D eigenvalue weighted by atomic mass is 14.9. The molecule has 0 aromatic heterocycles. The Bertz CT molecular complexity index is 175. The second-order valence-corrected chi connectivity index (χ2v) is 4.03. The van der Waals surface area contributed by atoms with Gasteiger partial charge in [-0.1, -0.05) is 27.2 Å². The minimum atomic E-state index is 0.595. The number of hydrogen-bond donors (Lipinski definition) is 1. The van der Waals surface area contributed by atoms with E-state index in [2.05, 4.69) is 37.9 Å². The van der Waals surface area contributed by atoms with Gasteiger partial charge in [-0.15, -0.1) is 11.8 Å². The number of nitrogens with one attached hydrogen (secondary N) is 1. The third kappa shape index (κ3) is 6.97. The van der Waals surface area contributed by atoms with E-state index in [0.717, 1.165) is 18.9 Å². The van der Waals surface area contributed by atoms with Crippen LogP contribution in [0.5, 0.6) is 0 Å². The fourth-order valence-corrected chi connectivity index (χ4v) is 1.46. The van der Waals surface area contributed by atoms with Crippen LogP contribution in [0.3, 0.4) is 0 Å². The van der Waals surface area contributed by atoms with Crippen LogP contribution in [0.4, 0.5) is 0 Å². The van der Waals surface area contributed by atoms with Crippen LogP contribution in [0.1, 0.15) is 53.4 Å². The molecule has 0 heterocycles. The molecule has 0 fully saturated rings. The van der Waals surface area contributed by atoms with Crippen molar-refractivity contribution < 1.29 is 0 Å². The monoisotopic (exact) mass is 195 g/mol. The highest BCUT2D eigenvalue weighted by Gasteiger charge is 2.09. The zero-order valence-electron chi connectivity index (χ0n) is 10.2. The van der Waals surface area contributed by atoms with Crippen molar-refractivity contribution in [3.8, 4) is 11.8 Å². The van der Waals surface area contributed by atoms with Gasteiger partial charge >= 0.3 is 0 Å². The minimum absolute atomic E-state index is 0.595. The fourth-order valence-electron chi connectivity index (χ4n) is 1.46. The van der Waals surface area contributed by atoms with E-state index in [4.69, 9.17) is 0 Å². The lowest BCUT2D eigenvalue weighted by molar-refractivity contribution is 0.398. The average Bonchev–Trinajstić information content (AvgIpc) is 2.21. The SMILES string of the molecule is CC#CCC(CC(C)CC)NCCC. The summed E-state index contributed by atoms with van der Waals surface area (Å²) in [6.07, 6.45) is 4.73. The standard InChI is InChI=1S/C13H25N/c1-5-8-9-13(14-10-6-2)11-12(4)7-3/h12-14H,6-7,9-11H2,1-4H3. The molecule has 0 bridgehead atoms. The molecular weight excluding hydrogens is 170 g/mol. The third-order valence-electron chi connectivity index (χ3n) is 2.59. The maximum absolute atomic E-state index is 3.57. The lowest BCUT2D eigenvalue weighted by Crippen LogP contribution is -2.31. The number of hydrogen-bond acceptors (Lipinski definition) is 1. The molecule has 0 saturated heterocycles. The maximum Gasteiger partial charge on any atom is 0.0243 e. The molecule has 0 aliphatic heterocycles. The summed E-state index contributed by atoms with van der Waals surface area (Å²) in [5.74, 6) is 6.96. The largest absolute Gasteiger partial charge is 0.313 e. The molecule has 2 atom stereocenters. The summed E-state index contributed by atoms with van der Waals surface area (Å²) in [5, 5.41) is 3.57. The van der Waals surface area contributed by atoms with Crippen molar-refractivity contribution in [3.63, 3.8) is 0 Å². The summed E-state index contributed by atoms with van der Waals surface area (Å²) in [7, 11) is 0. The van der Waals surface area contributed by atoms with Gasteiger partial charge in [0.05, 0.1) is 0 Å². The Kier molecular flexibility index (Phi) is 8.78. The van der Waals surface area contributed by atoms with Gasteiger partial charge in [0, 0.05) is 12.5 Å². The van der Waals surface area contributed by atoms with Gasteiger partial charge in [0.25, 0.3) is 0 Å². The first-order valence-electron chi connectivity index (χ1n) is 5.87. The van der Waals surface area contributed by atoms with Crippen molar-refractivity contribution in [1.29, 1.82) is 0 Å². The Morgan fingerprint density at radius 1 is 1.29 bits per heavy atom. The smallest absolute Gasteiger partial charge is 0.0243 e. The number of rotatable bonds is 7. The summed E-state index contributed by atoms with van der Waals surface area (Å²) >= 11 is 0. The first-order chi connectivity index (χ1) is 6.74. The predicted molar refractivity (Wildman–Crippen MR) is 64.2 cm³/mol. The van der Waals surface area contributed by atoms with Gasteiger partial charge in [0.2, 0.25) is 0 Å². The molecule has 0 saturated carbocycles. The van der Waals surface area contributed by atoms with Crippen LogP contribution < -0.4 is 5.32 Å². The zero-order chi connectivity index (χ0) is 10.8. The Morgan fingerprint density at radius 3 is 2.50 bits per heavy atom. The molecule has 1 heteroatoms. The van der Waals surface area contributed by atoms with Crippen molar-refractivity contribution in [2.24, 2.45) is 5.92 Å². The predicted octanol–water partition coefficient (Wildman–Crippen LogP) is 3.20. The van der Waals surface area contributed by atoms with Gasteiger partial charge in [-0.3, -0.25) is 0 Å². The van der Waals surface area contributed by atoms with Gasteiger partial charge in [-0.25, -0.2) is 0 Å². The Balaban J connectivity index is 3.87. The van der Waals surface area contributed by atoms with E-state index < -0.39 is 0 Å². The molecule has 82 valence electrons. The molecule has 0 rings (SSSR count). The molecule has 14 heavy (non-hydrogen) atoms. The molecule has 0 aliphatic rings.